The second kappa shape index (κ2) is 8.97. The number of unbranched alkanes of at least 4 members (excludes halogenated alkanes) is 3. The van der Waals surface area contributed by atoms with Gasteiger partial charge in [0.25, 0.3) is 0 Å². The second-order valence-corrected chi connectivity index (χ2v) is 3.42. The minimum Gasteiger partial charge on any atom is -0.480 e. The highest BCUT2D eigenvalue weighted by molar-refractivity contribution is 5.73. The molecule has 3 N–H and O–H groups in total. The zero-order chi connectivity index (χ0) is 10.8. The smallest absolute Gasteiger partial charge is 0.320 e. The van der Waals surface area contributed by atoms with Crippen LogP contribution in [0.5, 0.6) is 0 Å². The lowest BCUT2D eigenvalue weighted by atomic mass is 10.2. The highest BCUT2D eigenvalue weighted by Gasteiger charge is 2.14. The summed E-state index contributed by atoms with van der Waals surface area (Å²) in [5.41, 5.74) is 0. The molecule has 0 aliphatic carbocycles. The van der Waals surface area contributed by atoms with E-state index in [9.17, 15) is 4.79 Å². The van der Waals surface area contributed by atoms with Crippen molar-refractivity contribution in [1.29, 1.82) is 0 Å². The first-order valence-electron chi connectivity index (χ1n) is 5.29. The number of carboxylic acid groups (broad SMARTS) is 1. The monoisotopic (exact) mass is 203 g/mol. The van der Waals surface area contributed by atoms with Crippen LogP contribution in [0.3, 0.4) is 0 Å². The minimum atomic E-state index is -0.880. The Morgan fingerprint density at radius 2 is 2.07 bits per heavy atom. The molecule has 0 radical (unpaired) electrons. The molecule has 0 spiro atoms. The van der Waals surface area contributed by atoms with Gasteiger partial charge in [-0.1, -0.05) is 26.2 Å². The van der Waals surface area contributed by atoms with Crippen molar-refractivity contribution in [3.05, 3.63) is 0 Å². The van der Waals surface area contributed by atoms with Crippen LogP contribution in [-0.4, -0.2) is 35.4 Å². The van der Waals surface area contributed by atoms with Gasteiger partial charge < -0.3 is 15.5 Å². The third kappa shape index (κ3) is 6.86. The summed E-state index contributed by atoms with van der Waals surface area (Å²) in [6.07, 6.45) is 4.79. The van der Waals surface area contributed by atoms with E-state index in [0.29, 0.717) is 0 Å². The quantitative estimate of drug-likeness (QED) is 0.489. The van der Waals surface area contributed by atoms with Gasteiger partial charge in [-0.2, -0.15) is 0 Å². The summed E-state index contributed by atoms with van der Waals surface area (Å²) in [6.45, 7) is 2.77. The summed E-state index contributed by atoms with van der Waals surface area (Å²) in [5, 5.41) is 20.3. The first-order chi connectivity index (χ1) is 6.72. The fraction of sp³-hybridized carbons (Fsp3) is 0.900. The van der Waals surface area contributed by atoms with Gasteiger partial charge in [0, 0.05) is 6.61 Å². The predicted molar refractivity (Wildman–Crippen MR) is 55.3 cm³/mol. The van der Waals surface area contributed by atoms with E-state index in [0.717, 1.165) is 19.4 Å². The number of carboxylic acids is 1. The van der Waals surface area contributed by atoms with Crippen LogP contribution in [-0.2, 0) is 4.79 Å². The molecule has 0 aromatic heterocycles. The van der Waals surface area contributed by atoms with Crippen molar-refractivity contribution in [3.8, 4) is 0 Å². The van der Waals surface area contributed by atoms with Crippen LogP contribution in [0.4, 0.5) is 0 Å². The molecule has 0 aliphatic heterocycles. The topological polar surface area (TPSA) is 69.6 Å². The molecular weight excluding hydrogens is 182 g/mol. The molecule has 0 rings (SSSR count). The predicted octanol–water partition coefficient (Wildman–Crippen LogP) is 0.992. The fourth-order valence-corrected chi connectivity index (χ4v) is 1.27. The standard InChI is InChI=1S/C10H21NO3/c1-2-3-4-5-7-11-9(6-8-12)10(13)14/h9,11-12H,2-8H2,1H3,(H,13,14)/t9-/m0/s1. The number of hydrogen-bond acceptors (Lipinski definition) is 3. The molecular formula is C10H21NO3. The van der Waals surface area contributed by atoms with E-state index < -0.39 is 12.0 Å². The van der Waals surface area contributed by atoms with Gasteiger partial charge in [0.05, 0.1) is 0 Å². The Morgan fingerprint density at radius 3 is 2.57 bits per heavy atom. The minimum absolute atomic E-state index is 0.0844. The Kier molecular flexibility index (Phi) is 8.57. The van der Waals surface area contributed by atoms with Crippen LogP contribution in [0, 0.1) is 0 Å². The Balaban J connectivity index is 3.46. The van der Waals surface area contributed by atoms with Gasteiger partial charge in [0.2, 0.25) is 0 Å². The van der Waals surface area contributed by atoms with E-state index in [1.807, 2.05) is 0 Å². The van der Waals surface area contributed by atoms with Gasteiger partial charge in [-0.15, -0.1) is 0 Å². The van der Waals surface area contributed by atoms with Crippen LogP contribution in [0.15, 0.2) is 0 Å². The summed E-state index contributed by atoms with van der Waals surface area (Å²) >= 11 is 0. The third-order valence-electron chi connectivity index (χ3n) is 2.14. The van der Waals surface area contributed by atoms with Gasteiger partial charge in [-0.05, 0) is 19.4 Å². The summed E-state index contributed by atoms with van der Waals surface area (Å²) < 4.78 is 0. The molecule has 0 fully saturated rings. The largest absolute Gasteiger partial charge is 0.480 e. The van der Waals surface area contributed by atoms with Crippen molar-refractivity contribution in [1.82, 2.24) is 5.32 Å². The maximum atomic E-state index is 10.6. The molecule has 0 aromatic rings. The van der Waals surface area contributed by atoms with Crippen molar-refractivity contribution in [2.24, 2.45) is 0 Å². The normalized spacial score (nSPS) is 12.7. The number of nitrogens with one attached hydrogen (secondary N) is 1. The van der Waals surface area contributed by atoms with Crippen molar-refractivity contribution in [3.63, 3.8) is 0 Å². The number of aliphatic hydroxyl groups excluding tert-OH is 1. The van der Waals surface area contributed by atoms with Crippen molar-refractivity contribution in [2.75, 3.05) is 13.2 Å². The van der Waals surface area contributed by atoms with Gasteiger partial charge >= 0.3 is 5.97 Å². The summed E-state index contributed by atoms with van der Waals surface area (Å²) in [7, 11) is 0. The molecule has 1 atom stereocenters. The van der Waals surface area contributed by atoms with Crippen LogP contribution in [0.2, 0.25) is 0 Å². The molecule has 0 saturated carbocycles. The van der Waals surface area contributed by atoms with Crippen molar-refractivity contribution in [2.45, 2.75) is 45.1 Å². The highest BCUT2D eigenvalue weighted by atomic mass is 16.4. The fourth-order valence-electron chi connectivity index (χ4n) is 1.27. The van der Waals surface area contributed by atoms with Gasteiger partial charge in [-0.3, -0.25) is 4.79 Å². The van der Waals surface area contributed by atoms with Crippen molar-refractivity contribution >= 4 is 5.97 Å². The SMILES string of the molecule is CCCCCCN[C@@H](CCO)C(=O)O. The average molecular weight is 203 g/mol. The molecule has 4 nitrogen and oxygen atoms in total. The van der Waals surface area contributed by atoms with E-state index in [4.69, 9.17) is 10.2 Å². The van der Waals surface area contributed by atoms with Gasteiger partial charge in [-0.25, -0.2) is 0 Å². The summed E-state index contributed by atoms with van der Waals surface area (Å²) in [4.78, 5) is 10.6. The molecule has 0 aromatic carbocycles. The molecule has 0 bridgehead atoms. The van der Waals surface area contributed by atoms with Crippen LogP contribution in [0.1, 0.15) is 39.0 Å². The van der Waals surface area contributed by atoms with Gasteiger partial charge in [0.15, 0.2) is 0 Å². The first-order valence-corrected chi connectivity index (χ1v) is 5.29. The molecule has 0 heterocycles. The first kappa shape index (κ1) is 13.4. The zero-order valence-electron chi connectivity index (χ0n) is 8.83. The molecule has 0 aliphatic rings. The van der Waals surface area contributed by atoms with E-state index in [1.165, 1.54) is 12.8 Å². The molecule has 84 valence electrons. The molecule has 0 saturated heterocycles. The lowest BCUT2D eigenvalue weighted by molar-refractivity contribution is -0.139. The average Bonchev–Trinajstić information content (AvgIpc) is 2.15. The van der Waals surface area contributed by atoms with Gasteiger partial charge in [0.1, 0.15) is 6.04 Å². The number of aliphatic hydroxyl groups is 1. The molecule has 4 heteroatoms. The molecule has 14 heavy (non-hydrogen) atoms. The van der Waals surface area contributed by atoms with Crippen LogP contribution < -0.4 is 5.32 Å². The number of rotatable bonds is 9. The van der Waals surface area contributed by atoms with E-state index in [-0.39, 0.29) is 13.0 Å². The highest BCUT2D eigenvalue weighted by Crippen LogP contribution is 1.98. The third-order valence-corrected chi connectivity index (χ3v) is 2.14. The summed E-state index contributed by atoms with van der Waals surface area (Å²) in [5.74, 6) is -0.880. The number of aliphatic carboxylic acids is 1. The van der Waals surface area contributed by atoms with E-state index >= 15 is 0 Å². The maximum Gasteiger partial charge on any atom is 0.320 e. The lowest BCUT2D eigenvalue weighted by Gasteiger charge is -2.12. The van der Waals surface area contributed by atoms with E-state index in [1.54, 1.807) is 0 Å². The number of carbonyl (C=O) groups is 1. The van der Waals surface area contributed by atoms with Crippen LogP contribution >= 0.6 is 0 Å². The zero-order valence-corrected chi connectivity index (χ0v) is 8.83. The maximum absolute atomic E-state index is 10.6. The summed E-state index contributed by atoms with van der Waals surface area (Å²) in [6, 6.07) is -0.596. The number of hydrogen-bond donors (Lipinski definition) is 3. The van der Waals surface area contributed by atoms with Crippen LogP contribution in [0.25, 0.3) is 0 Å². The molecule has 0 amide bonds. The van der Waals surface area contributed by atoms with E-state index in [2.05, 4.69) is 12.2 Å². The molecule has 0 unspecified atom stereocenters. The lowest BCUT2D eigenvalue weighted by Crippen LogP contribution is -2.37. The van der Waals surface area contributed by atoms with Crippen molar-refractivity contribution < 1.29 is 15.0 Å². The second-order valence-electron chi connectivity index (χ2n) is 3.42. The Bertz CT molecular complexity index is 150. The Hall–Kier alpha value is -0.610. The Morgan fingerprint density at radius 1 is 1.36 bits per heavy atom. The Labute approximate surface area is 85.3 Å².